The van der Waals surface area contributed by atoms with Crippen molar-refractivity contribution in [1.29, 1.82) is 0 Å². The number of hydrogen-bond donors (Lipinski definition) is 2. The molecule has 3 atom stereocenters. The van der Waals surface area contributed by atoms with E-state index in [-0.39, 0.29) is 29.1 Å². The molecule has 1 saturated heterocycles. The number of fused-ring (bicyclic) bond motifs is 2. The van der Waals surface area contributed by atoms with Crippen molar-refractivity contribution in [2.75, 3.05) is 18.4 Å². The first-order valence-corrected chi connectivity index (χ1v) is 11.5. The van der Waals surface area contributed by atoms with Gasteiger partial charge in [0.1, 0.15) is 0 Å². The van der Waals surface area contributed by atoms with Crippen LogP contribution in [0.25, 0.3) is 0 Å². The molecule has 0 bridgehead atoms. The minimum atomic E-state index is -0.193. The van der Waals surface area contributed by atoms with E-state index in [9.17, 15) is 9.59 Å². The third kappa shape index (κ3) is 3.99. The molecule has 2 aromatic carbocycles. The summed E-state index contributed by atoms with van der Waals surface area (Å²) >= 11 is 0. The fourth-order valence-corrected chi connectivity index (χ4v) is 5.79. The van der Waals surface area contributed by atoms with Gasteiger partial charge in [0.25, 0.3) is 0 Å². The van der Waals surface area contributed by atoms with Crippen LogP contribution in [0.1, 0.15) is 48.8 Å². The molecule has 5 nitrogen and oxygen atoms in total. The number of anilines is 1. The summed E-state index contributed by atoms with van der Waals surface area (Å²) in [6, 6.07) is 16.8. The lowest BCUT2D eigenvalue weighted by Crippen LogP contribution is -2.40. The van der Waals surface area contributed by atoms with Gasteiger partial charge in [-0.05, 0) is 73.9 Å². The van der Waals surface area contributed by atoms with Gasteiger partial charge in [-0.1, -0.05) is 36.4 Å². The third-order valence-electron chi connectivity index (χ3n) is 7.55. The number of primary amides is 1. The molecule has 2 fully saturated rings. The van der Waals surface area contributed by atoms with Gasteiger partial charge in [-0.15, -0.1) is 0 Å². The number of carbonyl (C=O) groups excluding carboxylic acids is 2. The number of carbonyl (C=O) groups is 2. The molecule has 3 unspecified atom stereocenters. The van der Waals surface area contributed by atoms with Gasteiger partial charge in [-0.3, -0.25) is 14.5 Å². The fraction of sp³-hybridized carbons (Fsp3) is 0.462. The van der Waals surface area contributed by atoms with Crippen LogP contribution >= 0.6 is 0 Å². The number of rotatable bonds is 5. The van der Waals surface area contributed by atoms with E-state index in [1.165, 1.54) is 23.1 Å². The maximum absolute atomic E-state index is 13.0. The molecule has 1 saturated carbocycles. The Morgan fingerprint density at radius 3 is 2.71 bits per heavy atom. The molecule has 0 aromatic heterocycles. The van der Waals surface area contributed by atoms with Crippen molar-refractivity contribution >= 4 is 17.5 Å². The van der Waals surface area contributed by atoms with E-state index in [4.69, 9.17) is 5.73 Å². The molecular weight excluding hydrogens is 386 g/mol. The van der Waals surface area contributed by atoms with Crippen LogP contribution in [0.2, 0.25) is 0 Å². The second-order valence-corrected chi connectivity index (χ2v) is 9.59. The topological polar surface area (TPSA) is 75.4 Å². The highest BCUT2D eigenvalue weighted by atomic mass is 16.2. The van der Waals surface area contributed by atoms with Gasteiger partial charge in [0.05, 0.1) is 5.92 Å². The van der Waals surface area contributed by atoms with Gasteiger partial charge < -0.3 is 11.1 Å². The van der Waals surface area contributed by atoms with Crippen molar-refractivity contribution in [2.45, 2.75) is 50.5 Å². The zero-order chi connectivity index (χ0) is 21.4. The monoisotopic (exact) mass is 417 g/mol. The van der Waals surface area contributed by atoms with E-state index in [0.717, 1.165) is 57.4 Å². The first-order valence-electron chi connectivity index (χ1n) is 11.5. The van der Waals surface area contributed by atoms with Crippen LogP contribution in [-0.4, -0.2) is 29.8 Å². The molecule has 2 amide bonds. The minimum Gasteiger partial charge on any atom is -0.369 e. The molecule has 3 N–H and O–H groups in total. The zero-order valence-corrected chi connectivity index (χ0v) is 18.0. The maximum Gasteiger partial charge on any atom is 0.228 e. The quantitative estimate of drug-likeness (QED) is 0.780. The number of nitrogens with zero attached hydrogens (tertiary/aromatic N) is 1. The molecular formula is C26H31N3O2. The van der Waals surface area contributed by atoms with Crippen LogP contribution < -0.4 is 11.1 Å². The molecule has 0 radical (unpaired) electrons. The molecule has 5 heteroatoms. The predicted molar refractivity (Wildman–Crippen MR) is 121 cm³/mol. The second-order valence-electron chi connectivity index (χ2n) is 9.59. The normalized spacial score (nSPS) is 27.5. The number of amides is 2. The Morgan fingerprint density at radius 1 is 1.10 bits per heavy atom. The molecule has 1 spiro atoms. The van der Waals surface area contributed by atoms with Crippen molar-refractivity contribution in [3.63, 3.8) is 0 Å². The van der Waals surface area contributed by atoms with Crippen molar-refractivity contribution in [2.24, 2.45) is 17.6 Å². The van der Waals surface area contributed by atoms with E-state index >= 15 is 0 Å². The summed E-state index contributed by atoms with van der Waals surface area (Å²) in [5, 5.41) is 3.15. The van der Waals surface area contributed by atoms with Gasteiger partial charge in [-0.2, -0.15) is 0 Å². The molecule has 3 aliphatic rings. The standard InChI is InChI=1S/C26H31N3O2/c27-24(30)20-7-4-14-29(17-20)16-18-9-11-21(12-10-18)28-25(31)23-15-26(23)13-3-6-19-5-1-2-8-22(19)26/h1-2,5,8-12,20,23H,3-4,6-7,13-17H2,(H2,27,30)(H,28,31). The van der Waals surface area contributed by atoms with Crippen molar-refractivity contribution in [3.05, 3.63) is 65.2 Å². The summed E-state index contributed by atoms with van der Waals surface area (Å²) in [6.45, 7) is 2.53. The van der Waals surface area contributed by atoms with Crippen molar-refractivity contribution in [3.8, 4) is 0 Å². The first kappa shape index (κ1) is 20.3. The summed E-state index contributed by atoms with van der Waals surface area (Å²) in [5.41, 5.74) is 10.4. The average molecular weight is 418 g/mol. The summed E-state index contributed by atoms with van der Waals surface area (Å²) in [5.74, 6) is -0.0122. The summed E-state index contributed by atoms with van der Waals surface area (Å²) < 4.78 is 0. The highest BCUT2D eigenvalue weighted by molar-refractivity contribution is 5.96. The highest BCUT2D eigenvalue weighted by Crippen LogP contribution is 2.60. The Kier molecular flexibility index (Phi) is 5.30. The van der Waals surface area contributed by atoms with Crippen LogP contribution in [0.5, 0.6) is 0 Å². The van der Waals surface area contributed by atoms with Gasteiger partial charge in [0, 0.05) is 30.1 Å². The van der Waals surface area contributed by atoms with Crippen LogP contribution in [0.4, 0.5) is 5.69 Å². The second kappa shape index (κ2) is 8.12. The van der Waals surface area contributed by atoms with Gasteiger partial charge >= 0.3 is 0 Å². The lowest BCUT2D eigenvalue weighted by Gasteiger charge is -2.31. The van der Waals surface area contributed by atoms with Gasteiger partial charge in [-0.25, -0.2) is 0 Å². The Morgan fingerprint density at radius 2 is 1.90 bits per heavy atom. The molecule has 1 aliphatic heterocycles. The van der Waals surface area contributed by atoms with E-state index in [1.54, 1.807) is 0 Å². The number of likely N-dealkylation sites (tertiary alicyclic amines) is 1. The number of benzene rings is 2. The smallest absolute Gasteiger partial charge is 0.228 e. The summed E-state index contributed by atoms with van der Waals surface area (Å²) in [7, 11) is 0. The Bertz CT molecular complexity index is 986. The lowest BCUT2D eigenvalue weighted by molar-refractivity contribution is -0.123. The Balaban J connectivity index is 1.19. The molecule has 5 rings (SSSR count). The highest BCUT2D eigenvalue weighted by Gasteiger charge is 2.60. The minimum absolute atomic E-state index is 0.0388. The number of nitrogens with one attached hydrogen (secondary N) is 1. The Hall–Kier alpha value is -2.66. The number of nitrogens with two attached hydrogens (primary N) is 1. The van der Waals surface area contributed by atoms with Crippen LogP contribution in [-0.2, 0) is 28.0 Å². The lowest BCUT2D eigenvalue weighted by atomic mass is 9.78. The van der Waals surface area contributed by atoms with E-state index in [1.807, 2.05) is 12.1 Å². The SMILES string of the molecule is NC(=O)C1CCCN(Cc2ccc(NC(=O)C3CC34CCCc3ccccc34)cc2)C1. The first-order chi connectivity index (χ1) is 15.0. The van der Waals surface area contributed by atoms with Crippen LogP contribution in [0.15, 0.2) is 48.5 Å². The number of aryl methyl sites for hydroxylation is 1. The Labute approximate surface area is 184 Å². The van der Waals surface area contributed by atoms with Gasteiger partial charge in [0.15, 0.2) is 0 Å². The van der Waals surface area contributed by atoms with E-state index in [2.05, 4.69) is 46.6 Å². The molecule has 1 heterocycles. The average Bonchev–Trinajstić information content (AvgIpc) is 3.50. The predicted octanol–water partition coefficient (Wildman–Crippen LogP) is 3.62. The molecule has 162 valence electrons. The van der Waals surface area contributed by atoms with E-state index in [0.29, 0.717) is 0 Å². The van der Waals surface area contributed by atoms with Crippen LogP contribution in [0.3, 0.4) is 0 Å². The summed E-state index contributed by atoms with van der Waals surface area (Å²) in [6.07, 6.45) is 6.28. The summed E-state index contributed by atoms with van der Waals surface area (Å²) in [4.78, 5) is 26.8. The third-order valence-corrected chi connectivity index (χ3v) is 7.55. The number of hydrogen-bond acceptors (Lipinski definition) is 3. The molecule has 31 heavy (non-hydrogen) atoms. The van der Waals surface area contributed by atoms with Crippen molar-refractivity contribution < 1.29 is 9.59 Å². The molecule has 2 aliphatic carbocycles. The van der Waals surface area contributed by atoms with Gasteiger partial charge in [0.2, 0.25) is 11.8 Å². The maximum atomic E-state index is 13.0. The fourth-order valence-electron chi connectivity index (χ4n) is 5.79. The zero-order valence-electron chi connectivity index (χ0n) is 18.0. The van der Waals surface area contributed by atoms with E-state index < -0.39 is 0 Å². The largest absolute Gasteiger partial charge is 0.369 e. The molecule has 2 aromatic rings. The van der Waals surface area contributed by atoms with Crippen LogP contribution in [0, 0.1) is 11.8 Å². The number of piperidine rings is 1. The van der Waals surface area contributed by atoms with Crippen molar-refractivity contribution in [1.82, 2.24) is 4.90 Å².